The molecule has 24 heavy (non-hydrogen) atoms. The number of hydrogen-bond donors (Lipinski definition) is 1. The lowest BCUT2D eigenvalue weighted by atomic mass is 10.1. The highest BCUT2D eigenvalue weighted by Crippen LogP contribution is 2.30. The zero-order valence-corrected chi connectivity index (χ0v) is 15.7. The number of benzene rings is 2. The van der Waals surface area contributed by atoms with Gasteiger partial charge in [-0.05, 0) is 36.8 Å². The Labute approximate surface area is 151 Å². The van der Waals surface area contributed by atoms with Crippen LogP contribution in [0.5, 0.6) is 11.5 Å². The van der Waals surface area contributed by atoms with Crippen molar-refractivity contribution >= 4 is 33.2 Å². The second kappa shape index (κ2) is 7.61. The van der Waals surface area contributed by atoms with Crippen LogP contribution in [0.1, 0.15) is 18.5 Å². The molecule has 2 rings (SSSR count). The largest absolute Gasteiger partial charge is 0.493 e. The second-order valence-electron chi connectivity index (χ2n) is 5.03. The smallest absolute Gasteiger partial charge is 0.241 e. The van der Waals surface area contributed by atoms with Gasteiger partial charge >= 0.3 is 0 Å². The Morgan fingerprint density at radius 3 is 2.21 bits per heavy atom. The van der Waals surface area contributed by atoms with Crippen molar-refractivity contribution in [2.75, 3.05) is 14.2 Å². The van der Waals surface area contributed by atoms with E-state index in [2.05, 4.69) is 4.72 Å². The molecule has 2 aromatic carbocycles. The summed E-state index contributed by atoms with van der Waals surface area (Å²) in [6.07, 6.45) is 0. The Morgan fingerprint density at radius 1 is 0.958 bits per heavy atom. The van der Waals surface area contributed by atoms with Crippen LogP contribution in [-0.2, 0) is 10.0 Å². The van der Waals surface area contributed by atoms with E-state index in [1.54, 1.807) is 25.1 Å². The van der Waals surface area contributed by atoms with E-state index in [9.17, 15) is 8.42 Å². The molecule has 0 aromatic heterocycles. The lowest BCUT2D eigenvalue weighted by Crippen LogP contribution is -2.27. The monoisotopic (exact) mass is 389 g/mol. The molecule has 0 heterocycles. The fourth-order valence-electron chi connectivity index (χ4n) is 2.13. The van der Waals surface area contributed by atoms with Crippen molar-refractivity contribution in [2.45, 2.75) is 17.9 Å². The molecule has 0 aliphatic rings. The maximum absolute atomic E-state index is 12.6. The van der Waals surface area contributed by atoms with Crippen molar-refractivity contribution in [3.63, 3.8) is 0 Å². The van der Waals surface area contributed by atoms with Gasteiger partial charge in [-0.1, -0.05) is 29.3 Å². The van der Waals surface area contributed by atoms with Gasteiger partial charge in [-0.15, -0.1) is 0 Å². The number of rotatable bonds is 6. The molecule has 130 valence electrons. The summed E-state index contributed by atoms with van der Waals surface area (Å²) in [6.45, 7) is 1.72. The summed E-state index contributed by atoms with van der Waals surface area (Å²) in [5.74, 6) is 0.788. The molecule has 5 nitrogen and oxygen atoms in total. The lowest BCUT2D eigenvalue weighted by molar-refractivity contribution is 0.354. The first-order valence-corrected chi connectivity index (χ1v) is 9.21. The molecule has 1 N–H and O–H groups in total. The SMILES string of the molecule is COc1ccc(S(=O)(=O)N[C@H](C)c2ccc(Cl)c(Cl)c2)cc1OC. The van der Waals surface area contributed by atoms with Crippen LogP contribution in [-0.4, -0.2) is 22.6 Å². The standard InChI is InChI=1S/C16H17Cl2NO4S/c1-10(11-4-6-13(17)14(18)8-11)19-24(20,21)12-5-7-15(22-2)16(9-12)23-3/h4-10,19H,1-3H3/t10-/m1/s1. The van der Waals surface area contributed by atoms with E-state index in [1.807, 2.05) is 0 Å². The quantitative estimate of drug-likeness (QED) is 0.808. The first kappa shape index (κ1) is 18.9. The number of methoxy groups -OCH3 is 2. The van der Waals surface area contributed by atoms with Crippen molar-refractivity contribution < 1.29 is 17.9 Å². The van der Waals surface area contributed by atoms with Crippen LogP contribution < -0.4 is 14.2 Å². The van der Waals surface area contributed by atoms with Gasteiger partial charge in [0.15, 0.2) is 11.5 Å². The van der Waals surface area contributed by atoms with E-state index in [0.717, 1.165) is 0 Å². The fourth-order valence-corrected chi connectivity index (χ4v) is 3.69. The third-order valence-corrected chi connectivity index (χ3v) is 5.72. The number of hydrogen-bond acceptors (Lipinski definition) is 4. The summed E-state index contributed by atoms with van der Waals surface area (Å²) in [4.78, 5) is 0.0760. The molecular formula is C16H17Cl2NO4S. The normalized spacial score (nSPS) is 12.7. The van der Waals surface area contributed by atoms with Crippen molar-refractivity contribution in [3.05, 3.63) is 52.0 Å². The van der Waals surface area contributed by atoms with E-state index >= 15 is 0 Å². The molecule has 0 fully saturated rings. The van der Waals surface area contributed by atoms with E-state index in [1.165, 1.54) is 32.4 Å². The van der Waals surface area contributed by atoms with Gasteiger partial charge in [-0.25, -0.2) is 13.1 Å². The van der Waals surface area contributed by atoms with E-state index < -0.39 is 16.1 Å². The van der Waals surface area contributed by atoms with Crippen LogP contribution in [0.4, 0.5) is 0 Å². The third kappa shape index (κ3) is 4.13. The van der Waals surface area contributed by atoms with E-state index in [-0.39, 0.29) is 4.90 Å². The fraction of sp³-hybridized carbons (Fsp3) is 0.250. The Bertz CT molecular complexity index is 840. The second-order valence-corrected chi connectivity index (χ2v) is 7.56. The average molecular weight is 390 g/mol. The van der Waals surface area contributed by atoms with Crippen molar-refractivity contribution in [1.82, 2.24) is 4.72 Å². The van der Waals surface area contributed by atoms with Gasteiger partial charge in [0.1, 0.15) is 0 Å². The van der Waals surface area contributed by atoms with Gasteiger partial charge in [0.2, 0.25) is 10.0 Å². The maximum Gasteiger partial charge on any atom is 0.241 e. The van der Waals surface area contributed by atoms with Crippen molar-refractivity contribution in [3.8, 4) is 11.5 Å². The van der Waals surface area contributed by atoms with E-state index in [0.29, 0.717) is 27.1 Å². The van der Waals surface area contributed by atoms with Crippen molar-refractivity contribution in [1.29, 1.82) is 0 Å². The summed E-state index contributed by atoms with van der Waals surface area (Å²) >= 11 is 11.9. The van der Waals surface area contributed by atoms with Crippen LogP contribution >= 0.6 is 23.2 Å². The van der Waals surface area contributed by atoms with Gasteiger partial charge in [0, 0.05) is 12.1 Å². The Morgan fingerprint density at radius 2 is 1.62 bits per heavy atom. The summed E-state index contributed by atoms with van der Waals surface area (Å²) < 4.78 is 38.0. The molecule has 8 heteroatoms. The highest BCUT2D eigenvalue weighted by Gasteiger charge is 2.20. The number of sulfonamides is 1. The minimum absolute atomic E-state index is 0.0760. The summed E-state index contributed by atoms with van der Waals surface area (Å²) in [5, 5.41) is 0.779. The molecule has 0 aliphatic carbocycles. The van der Waals surface area contributed by atoms with Gasteiger partial charge in [-0.3, -0.25) is 0 Å². The molecule has 0 amide bonds. The molecule has 2 aromatic rings. The summed E-state index contributed by atoms with van der Waals surface area (Å²) in [7, 11) is -0.823. The van der Waals surface area contributed by atoms with E-state index in [4.69, 9.17) is 32.7 Å². The Balaban J connectivity index is 2.28. The first-order chi connectivity index (χ1) is 11.3. The van der Waals surface area contributed by atoms with Gasteiger partial charge in [-0.2, -0.15) is 0 Å². The maximum atomic E-state index is 12.6. The molecule has 0 unspecified atom stereocenters. The van der Waals surface area contributed by atoms with Crippen LogP contribution in [0.3, 0.4) is 0 Å². The highest BCUT2D eigenvalue weighted by molar-refractivity contribution is 7.89. The minimum Gasteiger partial charge on any atom is -0.493 e. The number of ether oxygens (including phenoxy) is 2. The van der Waals surface area contributed by atoms with Crippen LogP contribution in [0.2, 0.25) is 10.0 Å². The van der Waals surface area contributed by atoms with Crippen molar-refractivity contribution in [2.24, 2.45) is 0 Å². The summed E-state index contributed by atoms with van der Waals surface area (Å²) in [5.41, 5.74) is 0.702. The van der Waals surface area contributed by atoms with Gasteiger partial charge < -0.3 is 9.47 Å². The van der Waals surface area contributed by atoms with Crippen LogP contribution in [0.25, 0.3) is 0 Å². The molecule has 0 aliphatic heterocycles. The predicted molar refractivity (Wildman–Crippen MR) is 94.7 cm³/mol. The van der Waals surface area contributed by atoms with Crippen LogP contribution in [0, 0.1) is 0 Å². The zero-order chi connectivity index (χ0) is 17.9. The molecule has 1 atom stereocenters. The zero-order valence-electron chi connectivity index (χ0n) is 13.3. The molecule has 0 spiro atoms. The van der Waals surface area contributed by atoms with Crippen LogP contribution in [0.15, 0.2) is 41.3 Å². The molecule has 0 saturated carbocycles. The average Bonchev–Trinajstić information content (AvgIpc) is 2.56. The minimum atomic E-state index is -3.75. The highest BCUT2D eigenvalue weighted by atomic mass is 35.5. The molecule has 0 bridgehead atoms. The first-order valence-electron chi connectivity index (χ1n) is 6.98. The number of halogens is 2. The molecule has 0 radical (unpaired) electrons. The number of nitrogens with one attached hydrogen (secondary N) is 1. The van der Waals surface area contributed by atoms with Gasteiger partial charge in [0.05, 0.1) is 29.2 Å². The summed E-state index contributed by atoms with van der Waals surface area (Å²) in [6, 6.07) is 8.88. The Hall–Kier alpha value is -1.47. The van der Waals surface area contributed by atoms with Gasteiger partial charge in [0.25, 0.3) is 0 Å². The molecular weight excluding hydrogens is 373 g/mol. The lowest BCUT2D eigenvalue weighted by Gasteiger charge is -2.16. The predicted octanol–water partition coefficient (Wildman–Crippen LogP) is 4.05. The third-order valence-electron chi connectivity index (χ3n) is 3.44. The molecule has 0 saturated heterocycles. The topological polar surface area (TPSA) is 64.6 Å². The Kier molecular flexibility index (Phi) is 5.98.